The maximum atomic E-state index is 13.8. The van der Waals surface area contributed by atoms with E-state index in [4.69, 9.17) is 35.3 Å². The van der Waals surface area contributed by atoms with Crippen molar-refractivity contribution in [2.75, 3.05) is 27.6 Å². The number of carbonyl (C=O) groups is 1. The fourth-order valence-electron chi connectivity index (χ4n) is 4.31. The molecule has 0 aliphatic carbocycles. The summed E-state index contributed by atoms with van der Waals surface area (Å²) in [6, 6.07) is 7.86. The first-order chi connectivity index (χ1) is 17.9. The minimum absolute atomic E-state index is 0.110. The van der Waals surface area contributed by atoms with E-state index in [0.717, 1.165) is 0 Å². The molecule has 0 radical (unpaired) electrons. The van der Waals surface area contributed by atoms with E-state index in [2.05, 4.69) is 4.99 Å². The van der Waals surface area contributed by atoms with E-state index in [9.17, 15) is 9.59 Å². The zero-order valence-corrected chi connectivity index (χ0v) is 22.1. The van der Waals surface area contributed by atoms with Gasteiger partial charge in [0, 0.05) is 6.07 Å². The number of halogens is 1. The highest BCUT2D eigenvalue weighted by atomic mass is 35.5. The molecule has 1 aromatic heterocycles. The molecule has 0 bridgehead atoms. The summed E-state index contributed by atoms with van der Waals surface area (Å²) < 4.78 is 28.9. The van der Waals surface area contributed by atoms with E-state index in [1.54, 1.807) is 50.3 Å². The normalized spacial score (nSPS) is 16.4. The third kappa shape index (κ3) is 4.36. The number of rotatable bonds is 6. The van der Waals surface area contributed by atoms with Crippen LogP contribution >= 0.6 is 22.9 Å². The van der Waals surface area contributed by atoms with Crippen molar-refractivity contribution in [1.29, 1.82) is 0 Å². The lowest BCUT2D eigenvalue weighted by Crippen LogP contribution is -2.40. The van der Waals surface area contributed by atoms with Crippen LogP contribution in [0.2, 0.25) is 5.02 Å². The van der Waals surface area contributed by atoms with E-state index >= 15 is 0 Å². The number of benzene rings is 2. The van der Waals surface area contributed by atoms with E-state index in [1.165, 1.54) is 30.1 Å². The first-order valence-corrected chi connectivity index (χ1v) is 12.6. The maximum Gasteiger partial charge on any atom is 0.338 e. The van der Waals surface area contributed by atoms with Gasteiger partial charge in [0.2, 0.25) is 6.79 Å². The summed E-state index contributed by atoms with van der Waals surface area (Å²) in [4.78, 5) is 31.9. The fourth-order valence-corrected chi connectivity index (χ4v) is 5.56. The molecule has 3 aromatic rings. The van der Waals surface area contributed by atoms with Crippen LogP contribution in [-0.2, 0) is 9.53 Å². The monoisotopic (exact) mass is 542 g/mol. The molecule has 3 heterocycles. The molecule has 5 rings (SSSR count). The SMILES string of the molecule is CCOC(=O)C1=C(C)N=c2s/c(=C/c3cc4c(cc3Cl)OCO4)c(=O)n2[C@@H]1c1ccc(OC)c(OC)c1. The molecule has 37 heavy (non-hydrogen) atoms. The topological polar surface area (TPSA) is 97.6 Å². The van der Waals surface area contributed by atoms with Gasteiger partial charge in [-0.05, 0) is 49.2 Å². The van der Waals surface area contributed by atoms with Crippen molar-refractivity contribution in [1.82, 2.24) is 4.57 Å². The van der Waals surface area contributed by atoms with Crippen LogP contribution in [0.15, 0.2) is 51.4 Å². The second-order valence-electron chi connectivity index (χ2n) is 8.14. The van der Waals surface area contributed by atoms with Gasteiger partial charge in [0.25, 0.3) is 5.56 Å². The van der Waals surface area contributed by atoms with Crippen LogP contribution in [0.4, 0.5) is 0 Å². The Morgan fingerprint density at radius 1 is 1.19 bits per heavy atom. The van der Waals surface area contributed by atoms with Crippen molar-refractivity contribution in [2.24, 2.45) is 4.99 Å². The number of fused-ring (bicyclic) bond motifs is 2. The average Bonchev–Trinajstić information content (AvgIpc) is 3.46. The summed E-state index contributed by atoms with van der Waals surface area (Å²) in [6.45, 7) is 3.75. The van der Waals surface area contributed by atoms with Gasteiger partial charge in [-0.2, -0.15) is 0 Å². The van der Waals surface area contributed by atoms with E-state index in [0.29, 0.717) is 54.2 Å². The predicted molar refractivity (Wildman–Crippen MR) is 138 cm³/mol. The number of methoxy groups -OCH3 is 2. The fraction of sp³-hybridized carbons (Fsp3) is 0.269. The highest BCUT2D eigenvalue weighted by molar-refractivity contribution is 7.07. The summed E-state index contributed by atoms with van der Waals surface area (Å²) in [5.74, 6) is 1.54. The molecule has 0 saturated heterocycles. The Hall–Kier alpha value is -3.76. The number of hydrogen-bond donors (Lipinski definition) is 0. The lowest BCUT2D eigenvalue weighted by molar-refractivity contribution is -0.139. The Morgan fingerprint density at radius 2 is 1.92 bits per heavy atom. The van der Waals surface area contributed by atoms with Gasteiger partial charge in [0.15, 0.2) is 27.8 Å². The number of carbonyl (C=O) groups excluding carboxylic acids is 1. The first kappa shape index (κ1) is 24.9. The molecule has 2 aliphatic rings. The van der Waals surface area contributed by atoms with Crippen LogP contribution in [0.1, 0.15) is 31.0 Å². The standard InChI is InChI=1S/C26H23ClN2O7S/c1-5-34-25(31)22-13(2)28-26-29(23(22)14-6-7-17(32-3)18(8-14)33-4)24(30)21(37-26)10-15-9-19-20(11-16(15)27)36-12-35-19/h6-11,23H,5,12H2,1-4H3/b21-10+/t23-/m1/s1. The third-order valence-corrected chi connectivity index (χ3v) is 7.33. The zero-order valence-electron chi connectivity index (χ0n) is 20.5. The van der Waals surface area contributed by atoms with E-state index < -0.39 is 12.0 Å². The van der Waals surface area contributed by atoms with Crippen LogP contribution in [0.5, 0.6) is 23.0 Å². The van der Waals surface area contributed by atoms with Crippen molar-refractivity contribution in [2.45, 2.75) is 19.9 Å². The molecule has 11 heteroatoms. The summed E-state index contributed by atoms with van der Waals surface area (Å²) in [5.41, 5.74) is 1.65. The largest absolute Gasteiger partial charge is 0.493 e. The third-order valence-electron chi connectivity index (χ3n) is 6.02. The molecule has 2 aromatic carbocycles. The zero-order chi connectivity index (χ0) is 26.3. The van der Waals surface area contributed by atoms with Crippen molar-refractivity contribution in [3.8, 4) is 23.0 Å². The highest BCUT2D eigenvalue weighted by Crippen LogP contribution is 2.38. The van der Waals surface area contributed by atoms with Gasteiger partial charge in [-0.1, -0.05) is 29.0 Å². The molecule has 9 nitrogen and oxygen atoms in total. The average molecular weight is 543 g/mol. The van der Waals surface area contributed by atoms with E-state index in [-0.39, 0.29) is 24.5 Å². The smallest absolute Gasteiger partial charge is 0.338 e. The molecular weight excluding hydrogens is 520 g/mol. The summed E-state index contributed by atoms with van der Waals surface area (Å²) in [6.07, 6.45) is 1.68. The molecule has 0 amide bonds. The van der Waals surface area contributed by atoms with Crippen LogP contribution in [0.25, 0.3) is 6.08 Å². The van der Waals surface area contributed by atoms with Gasteiger partial charge in [-0.15, -0.1) is 0 Å². The Kier molecular flexibility index (Phi) is 6.70. The molecule has 0 spiro atoms. The summed E-state index contributed by atoms with van der Waals surface area (Å²) in [7, 11) is 3.06. The number of aromatic nitrogens is 1. The number of allylic oxidation sites excluding steroid dienone is 1. The second kappa shape index (κ2) is 9.95. The first-order valence-electron chi connectivity index (χ1n) is 11.4. The van der Waals surface area contributed by atoms with Crippen LogP contribution in [-0.4, -0.2) is 38.2 Å². The van der Waals surface area contributed by atoms with Crippen LogP contribution < -0.4 is 33.8 Å². The number of thiazole rings is 1. The molecule has 0 saturated carbocycles. The molecule has 0 unspecified atom stereocenters. The van der Waals surface area contributed by atoms with Crippen molar-refractivity contribution >= 4 is 35.0 Å². The molecule has 0 N–H and O–H groups in total. The van der Waals surface area contributed by atoms with Gasteiger partial charge in [0.1, 0.15) is 0 Å². The van der Waals surface area contributed by atoms with Gasteiger partial charge >= 0.3 is 5.97 Å². The predicted octanol–water partition coefficient (Wildman–Crippen LogP) is 3.20. The molecule has 2 aliphatic heterocycles. The van der Waals surface area contributed by atoms with Crippen molar-refractivity contribution in [3.63, 3.8) is 0 Å². The quantitative estimate of drug-likeness (QED) is 0.441. The molecular formula is C26H23ClN2O7S. The number of nitrogens with zero attached hydrogens (tertiary/aromatic N) is 2. The van der Waals surface area contributed by atoms with Crippen molar-refractivity contribution in [3.05, 3.63) is 77.4 Å². The Labute approximate surface area is 220 Å². The molecule has 1 atom stereocenters. The lowest BCUT2D eigenvalue weighted by Gasteiger charge is -2.25. The number of esters is 1. The van der Waals surface area contributed by atoms with Gasteiger partial charge < -0.3 is 23.7 Å². The molecule has 0 fully saturated rings. The molecule has 192 valence electrons. The minimum Gasteiger partial charge on any atom is -0.493 e. The number of ether oxygens (including phenoxy) is 5. The maximum absolute atomic E-state index is 13.8. The van der Waals surface area contributed by atoms with Gasteiger partial charge in [-0.25, -0.2) is 9.79 Å². The Balaban J connectivity index is 1.72. The summed E-state index contributed by atoms with van der Waals surface area (Å²) >= 11 is 7.66. The van der Waals surface area contributed by atoms with Crippen LogP contribution in [0, 0.1) is 0 Å². The Bertz CT molecular complexity index is 1620. The van der Waals surface area contributed by atoms with E-state index in [1.807, 2.05) is 0 Å². The lowest BCUT2D eigenvalue weighted by atomic mass is 9.95. The number of hydrogen-bond acceptors (Lipinski definition) is 9. The van der Waals surface area contributed by atoms with Crippen LogP contribution in [0.3, 0.4) is 0 Å². The van der Waals surface area contributed by atoms with Crippen molar-refractivity contribution < 1.29 is 28.5 Å². The Morgan fingerprint density at radius 3 is 2.62 bits per heavy atom. The summed E-state index contributed by atoms with van der Waals surface area (Å²) in [5, 5.41) is 0.412. The van der Waals surface area contributed by atoms with Gasteiger partial charge in [0.05, 0.1) is 47.7 Å². The highest BCUT2D eigenvalue weighted by Gasteiger charge is 2.34. The second-order valence-corrected chi connectivity index (χ2v) is 9.56. The minimum atomic E-state index is -0.788. The van der Waals surface area contributed by atoms with Gasteiger partial charge in [-0.3, -0.25) is 9.36 Å².